The summed E-state index contributed by atoms with van der Waals surface area (Å²) >= 11 is 0. The summed E-state index contributed by atoms with van der Waals surface area (Å²) in [6, 6.07) is 7.82. The second kappa shape index (κ2) is 3.73. The largest absolute Gasteiger partial charge is 0.469 e. The molecule has 1 heterocycles. The molecule has 0 atom stereocenters. The summed E-state index contributed by atoms with van der Waals surface area (Å²) in [5.74, 6) is -0.265. The number of para-hydroxylation sites is 1. The third-order valence-corrected chi connectivity index (χ3v) is 2.37. The van der Waals surface area contributed by atoms with Gasteiger partial charge in [-0.1, -0.05) is 18.2 Å². The zero-order chi connectivity index (χ0) is 10.8. The number of carbonyl (C=O) groups is 1. The monoisotopic (exact) mass is 204 g/mol. The first-order chi connectivity index (χ1) is 7.22. The molecule has 1 aromatic carbocycles. The topological polar surface area (TPSA) is 44.1 Å². The molecule has 2 rings (SSSR count). The molecular weight excluding hydrogens is 192 g/mol. The average molecular weight is 204 g/mol. The van der Waals surface area contributed by atoms with Crippen LogP contribution in [0.2, 0.25) is 0 Å². The van der Waals surface area contributed by atoms with Crippen LogP contribution in [0, 0.1) is 0 Å². The van der Waals surface area contributed by atoms with Gasteiger partial charge in [-0.3, -0.25) is 9.48 Å². The van der Waals surface area contributed by atoms with Crippen molar-refractivity contribution >= 4 is 16.9 Å². The molecule has 0 amide bonds. The first-order valence-corrected chi connectivity index (χ1v) is 4.70. The van der Waals surface area contributed by atoms with Gasteiger partial charge >= 0.3 is 5.97 Å². The highest BCUT2D eigenvalue weighted by atomic mass is 16.5. The number of hydrogen-bond donors (Lipinski definition) is 0. The first-order valence-electron chi connectivity index (χ1n) is 4.70. The number of benzene rings is 1. The third kappa shape index (κ3) is 1.70. The molecule has 0 fully saturated rings. The lowest BCUT2D eigenvalue weighted by atomic mass is 10.2. The van der Waals surface area contributed by atoms with Gasteiger partial charge in [-0.2, -0.15) is 5.10 Å². The Morgan fingerprint density at radius 3 is 2.93 bits per heavy atom. The Morgan fingerprint density at radius 1 is 1.47 bits per heavy atom. The van der Waals surface area contributed by atoms with Crippen molar-refractivity contribution in [1.82, 2.24) is 9.78 Å². The van der Waals surface area contributed by atoms with Gasteiger partial charge in [0, 0.05) is 12.4 Å². The molecule has 1 aromatic heterocycles. The van der Waals surface area contributed by atoms with E-state index >= 15 is 0 Å². The van der Waals surface area contributed by atoms with Gasteiger partial charge in [-0.15, -0.1) is 0 Å². The average Bonchev–Trinajstić information content (AvgIpc) is 2.57. The Morgan fingerprint density at radius 2 is 2.20 bits per heavy atom. The molecule has 2 aromatic rings. The zero-order valence-electron chi connectivity index (χ0n) is 8.73. The number of hydrogen-bond acceptors (Lipinski definition) is 3. The fraction of sp³-hybridized carbons (Fsp3) is 0.273. The molecule has 0 aliphatic rings. The maximum atomic E-state index is 11.2. The number of methoxy groups -OCH3 is 1. The molecule has 4 heteroatoms. The Kier molecular flexibility index (Phi) is 2.41. The number of nitrogens with zero attached hydrogens (tertiary/aromatic N) is 2. The van der Waals surface area contributed by atoms with Crippen LogP contribution in [0.15, 0.2) is 24.3 Å². The summed E-state index contributed by atoms with van der Waals surface area (Å²) < 4.78 is 6.40. The number of aryl methyl sites for hydroxylation is 1. The van der Waals surface area contributed by atoms with E-state index in [-0.39, 0.29) is 12.4 Å². The van der Waals surface area contributed by atoms with Gasteiger partial charge < -0.3 is 4.74 Å². The SMILES string of the molecule is COC(=O)Cc1nn(C)c2ccccc12. The molecule has 15 heavy (non-hydrogen) atoms. The van der Waals surface area contributed by atoms with Crippen molar-refractivity contribution < 1.29 is 9.53 Å². The van der Waals surface area contributed by atoms with Crippen molar-refractivity contribution in [2.24, 2.45) is 7.05 Å². The van der Waals surface area contributed by atoms with Crippen LogP contribution in [-0.4, -0.2) is 22.9 Å². The number of carbonyl (C=O) groups excluding carboxylic acids is 1. The quantitative estimate of drug-likeness (QED) is 0.692. The molecule has 0 unspecified atom stereocenters. The fourth-order valence-electron chi connectivity index (χ4n) is 1.63. The van der Waals surface area contributed by atoms with Crippen LogP contribution in [0.25, 0.3) is 10.9 Å². The van der Waals surface area contributed by atoms with Crippen LogP contribution in [0.1, 0.15) is 5.69 Å². The van der Waals surface area contributed by atoms with E-state index in [1.807, 2.05) is 31.3 Å². The molecular formula is C11H12N2O2. The molecule has 0 aliphatic heterocycles. The molecule has 0 saturated heterocycles. The molecule has 0 aliphatic carbocycles. The predicted octanol–water partition coefficient (Wildman–Crippen LogP) is 1.29. The van der Waals surface area contributed by atoms with E-state index in [1.165, 1.54) is 7.11 Å². The smallest absolute Gasteiger partial charge is 0.311 e. The molecule has 4 nitrogen and oxygen atoms in total. The van der Waals surface area contributed by atoms with Crippen LogP contribution in [0.3, 0.4) is 0 Å². The second-order valence-corrected chi connectivity index (χ2v) is 3.34. The minimum atomic E-state index is -0.265. The van der Waals surface area contributed by atoms with Gasteiger partial charge in [-0.25, -0.2) is 0 Å². The lowest BCUT2D eigenvalue weighted by molar-refractivity contribution is -0.139. The Bertz CT molecular complexity index is 502. The maximum Gasteiger partial charge on any atom is 0.311 e. The van der Waals surface area contributed by atoms with Crippen molar-refractivity contribution in [2.45, 2.75) is 6.42 Å². The molecule has 0 spiro atoms. The van der Waals surface area contributed by atoms with Crippen LogP contribution in [-0.2, 0) is 23.0 Å². The number of esters is 1. The highest BCUT2D eigenvalue weighted by Crippen LogP contribution is 2.17. The van der Waals surface area contributed by atoms with Gasteiger partial charge in [0.05, 0.1) is 24.7 Å². The van der Waals surface area contributed by atoms with Gasteiger partial charge in [0.25, 0.3) is 0 Å². The van der Waals surface area contributed by atoms with Crippen LogP contribution in [0.5, 0.6) is 0 Å². The van der Waals surface area contributed by atoms with E-state index in [1.54, 1.807) is 4.68 Å². The zero-order valence-corrected chi connectivity index (χ0v) is 8.73. The maximum absolute atomic E-state index is 11.2. The van der Waals surface area contributed by atoms with Crippen LogP contribution in [0.4, 0.5) is 0 Å². The molecule has 78 valence electrons. The Hall–Kier alpha value is -1.84. The molecule has 0 N–H and O–H groups in total. The normalized spacial score (nSPS) is 10.5. The minimum absolute atomic E-state index is 0.220. The number of rotatable bonds is 2. The van der Waals surface area contributed by atoms with Crippen molar-refractivity contribution in [1.29, 1.82) is 0 Å². The highest BCUT2D eigenvalue weighted by molar-refractivity contribution is 5.85. The third-order valence-electron chi connectivity index (χ3n) is 2.37. The standard InChI is InChI=1S/C11H12N2O2/c1-13-10-6-4-3-5-8(10)9(12-13)7-11(14)15-2/h3-6H,7H2,1-2H3. The van der Waals surface area contributed by atoms with Crippen molar-refractivity contribution in [3.05, 3.63) is 30.0 Å². The van der Waals surface area contributed by atoms with Crippen molar-refractivity contribution in [3.63, 3.8) is 0 Å². The number of ether oxygens (including phenoxy) is 1. The molecule has 0 saturated carbocycles. The summed E-state index contributed by atoms with van der Waals surface area (Å²) in [6.07, 6.45) is 0.220. The second-order valence-electron chi connectivity index (χ2n) is 3.34. The molecule has 0 bridgehead atoms. The summed E-state index contributed by atoms with van der Waals surface area (Å²) in [6.45, 7) is 0. The molecule has 0 radical (unpaired) electrons. The summed E-state index contributed by atoms with van der Waals surface area (Å²) in [4.78, 5) is 11.2. The summed E-state index contributed by atoms with van der Waals surface area (Å²) in [7, 11) is 3.25. The number of aromatic nitrogens is 2. The Balaban J connectivity index is 2.48. The minimum Gasteiger partial charge on any atom is -0.469 e. The van der Waals surface area contributed by atoms with E-state index in [9.17, 15) is 4.79 Å². The lowest BCUT2D eigenvalue weighted by Gasteiger charge is -1.95. The van der Waals surface area contributed by atoms with Crippen molar-refractivity contribution in [2.75, 3.05) is 7.11 Å². The van der Waals surface area contributed by atoms with Gasteiger partial charge in [-0.05, 0) is 6.07 Å². The first kappa shape index (κ1) is 9.71. The van der Waals surface area contributed by atoms with Gasteiger partial charge in [0.2, 0.25) is 0 Å². The van der Waals surface area contributed by atoms with E-state index in [0.717, 1.165) is 16.6 Å². The summed E-state index contributed by atoms with van der Waals surface area (Å²) in [5.41, 5.74) is 1.79. The van der Waals surface area contributed by atoms with E-state index < -0.39 is 0 Å². The highest BCUT2D eigenvalue weighted by Gasteiger charge is 2.11. The van der Waals surface area contributed by atoms with E-state index in [2.05, 4.69) is 9.84 Å². The van der Waals surface area contributed by atoms with Crippen LogP contribution >= 0.6 is 0 Å². The predicted molar refractivity (Wildman–Crippen MR) is 56.4 cm³/mol. The Labute approximate surface area is 87.5 Å². The van der Waals surface area contributed by atoms with Gasteiger partial charge in [0.15, 0.2) is 0 Å². The summed E-state index contributed by atoms with van der Waals surface area (Å²) in [5, 5.41) is 5.30. The number of fused-ring (bicyclic) bond motifs is 1. The van der Waals surface area contributed by atoms with Gasteiger partial charge in [0.1, 0.15) is 0 Å². The lowest BCUT2D eigenvalue weighted by Crippen LogP contribution is -2.05. The van der Waals surface area contributed by atoms with E-state index in [4.69, 9.17) is 0 Å². The van der Waals surface area contributed by atoms with Crippen LogP contribution < -0.4 is 0 Å². The van der Waals surface area contributed by atoms with Crippen molar-refractivity contribution in [3.8, 4) is 0 Å². The van der Waals surface area contributed by atoms with E-state index in [0.29, 0.717) is 0 Å². The fourth-order valence-corrected chi connectivity index (χ4v) is 1.63.